The van der Waals surface area contributed by atoms with Gasteiger partial charge in [-0.3, -0.25) is 10.6 Å². The molecule has 0 aromatic carbocycles. The van der Waals surface area contributed by atoms with Gasteiger partial charge in [-0.2, -0.15) is 5.10 Å². The van der Waals surface area contributed by atoms with Crippen molar-refractivity contribution >= 4 is 21.6 Å². The molecule has 3 N–H and O–H groups in total. The minimum absolute atomic E-state index is 0.187. The average molecular weight is 233 g/mol. The molecule has 0 unspecified atom stereocenters. The first kappa shape index (κ1) is 9.21. The molecule has 0 aliphatic carbocycles. The lowest BCUT2D eigenvalue weighted by molar-refractivity contribution is 0.613. The molecular weight excluding hydrogens is 224 g/mol. The SMILES string of the molecule is CCn1ncc(NN)c(Br)c1=O. The predicted molar refractivity (Wildman–Crippen MR) is 49.7 cm³/mol. The van der Waals surface area contributed by atoms with Crippen LogP contribution in [0.4, 0.5) is 5.69 Å². The Balaban J connectivity index is 3.30. The molecule has 0 spiro atoms. The summed E-state index contributed by atoms with van der Waals surface area (Å²) in [5.74, 6) is 5.14. The Morgan fingerprint density at radius 3 is 3.00 bits per heavy atom. The van der Waals surface area contributed by atoms with Gasteiger partial charge in [0.05, 0.1) is 11.9 Å². The van der Waals surface area contributed by atoms with E-state index in [0.29, 0.717) is 16.7 Å². The van der Waals surface area contributed by atoms with Gasteiger partial charge < -0.3 is 5.43 Å². The van der Waals surface area contributed by atoms with E-state index in [1.807, 2.05) is 6.92 Å². The second kappa shape index (κ2) is 3.68. The third-order valence-electron chi connectivity index (χ3n) is 1.44. The Kier molecular flexibility index (Phi) is 2.83. The highest BCUT2D eigenvalue weighted by Gasteiger charge is 2.05. The molecule has 0 saturated heterocycles. The number of aryl methyl sites for hydroxylation is 1. The third kappa shape index (κ3) is 1.49. The molecule has 1 aromatic heterocycles. The second-order valence-electron chi connectivity index (χ2n) is 2.14. The molecule has 0 fully saturated rings. The van der Waals surface area contributed by atoms with Crippen molar-refractivity contribution in [2.75, 3.05) is 5.43 Å². The van der Waals surface area contributed by atoms with Crippen molar-refractivity contribution < 1.29 is 0 Å². The zero-order valence-corrected chi connectivity index (χ0v) is 8.13. The van der Waals surface area contributed by atoms with Gasteiger partial charge in [-0.1, -0.05) is 0 Å². The first-order chi connectivity index (χ1) is 5.70. The fourth-order valence-electron chi connectivity index (χ4n) is 0.791. The van der Waals surface area contributed by atoms with Crippen LogP contribution in [-0.4, -0.2) is 9.78 Å². The Hall–Kier alpha value is -0.880. The molecular formula is C6H9BrN4O. The number of nitrogens with two attached hydrogens (primary N) is 1. The molecule has 0 atom stereocenters. The Morgan fingerprint density at radius 1 is 1.83 bits per heavy atom. The highest BCUT2D eigenvalue weighted by molar-refractivity contribution is 9.10. The standard InChI is InChI=1S/C6H9BrN4O/c1-2-11-6(12)5(7)4(10-8)3-9-11/h3,10H,2,8H2,1H3. The maximum absolute atomic E-state index is 11.3. The van der Waals surface area contributed by atoms with Crippen molar-refractivity contribution in [1.82, 2.24) is 9.78 Å². The number of nitrogens with one attached hydrogen (secondary N) is 1. The second-order valence-corrected chi connectivity index (χ2v) is 2.93. The van der Waals surface area contributed by atoms with Crippen LogP contribution in [0.5, 0.6) is 0 Å². The van der Waals surface area contributed by atoms with Crippen LogP contribution in [0.2, 0.25) is 0 Å². The summed E-state index contributed by atoms with van der Waals surface area (Å²) in [5.41, 5.74) is 2.67. The molecule has 66 valence electrons. The van der Waals surface area contributed by atoms with Crippen molar-refractivity contribution in [3.63, 3.8) is 0 Å². The van der Waals surface area contributed by atoms with Crippen LogP contribution in [0.3, 0.4) is 0 Å². The predicted octanol–water partition coefficient (Wildman–Crippen LogP) is 0.311. The van der Waals surface area contributed by atoms with Crippen LogP contribution in [0.1, 0.15) is 6.92 Å². The number of nitrogens with zero attached hydrogens (tertiary/aromatic N) is 2. The number of hydrogen-bond acceptors (Lipinski definition) is 4. The number of hydrogen-bond donors (Lipinski definition) is 2. The van der Waals surface area contributed by atoms with Gasteiger partial charge in [0.1, 0.15) is 4.47 Å². The van der Waals surface area contributed by atoms with Crippen molar-refractivity contribution in [3.8, 4) is 0 Å². The molecule has 6 heteroatoms. The average Bonchev–Trinajstić information content (AvgIpc) is 2.10. The summed E-state index contributed by atoms with van der Waals surface area (Å²) in [6.45, 7) is 2.39. The lowest BCUT2D eigenvalue weighted by Gasteiger charge is -2.04. The van der Waals surface area contributed by atoms with Crippen LogP contribution in [-0.2, 0) is 6.54 Å². The third-order valence-corrected chi connectivity index (χ3v) is 2.21. The van der Waals surface area contributed by atoms with E-state index in [4.69, 9.17) is 5.84 Å². The molecule has 1 rings (SSSR count). The van der Waals surface area contributed by atoms with E-state index >= 15 is 0 Å². The highest BCUT2D eigenvalue weighted by atomic mass is 79.9. The quantitative estimate of drug-likeness (QED) is 0.569. The fourth-order valence-corrected chi connectivity index (χ4v) is 1.21. The first-order valence-electron chi connectivity index (χ1n) is 3.43. The Labute approximate surface area is 77.7 Å². The van der Waals surface area contributed by atoms with Crippen LogP contribution < -0.4 is 16.8 Å². The molecule has 1 heterocycles. The monoisotopic (exact) mass is 232 g/mol. The summed E-state index contributed by atoms with van der Waals surface area (Å²) in [6.07, 6.45) is 1.50. The topological polar surface area (TPSA) is 72.9 Å². The van der Waals surface area contributed by atoms with E-state index in [2.05, 4.69) is 26.5 Å². The van der Waals surface area contributed by atoms with E-state index in [-0.39, 0.29) is 5.56 Å². The molecule has 0 amide bonds. The molecule has 1 aromatic rings. The molecule has 0 aliphatic heterocycles. The lowest BCUT2D eigenvalue weighted by Crippen LogP contribution is -2.24. The molecule has 0 aliphatic rings. The summed E-state index contributed by atoms with van der Waals surface area (Å²) in [4.78, 5) is 11.3. The number of hydrazine groups is 1. The smallest absolute Gasteiger partial charge is 0.283 e. The van der Waals surface area contributed by atoms with E-state index in [0.717, 1.165) is 0 Å². The van der Waals surface area contributed by atoms with Gasteiger partial charge in [0.25, 0.3) is 5.56 Å². The normalized spacial score (nSPS) is 9.92. The number of aromatic nitrogens is 2. The molecule has 0 radical (unpaired) electrons. The van der Waals surface area contributed by atoms with Gasteiger partial charge >= 0.3 is 0 Å². The van der Waals surface area contributed by atoms with Crippen molar-refractivity contribution in [2.24, 2.45) is 5.84 Å². The van der Waals surface area contributed by atoms with Crippen LogP contribution in [0.15, 0.2) is 15.5 Å². The molecule has 12 heavy (non-hydrogen) atoms. The molecule has 5 nitrogen and oxygen atoms in total. The summed E-state index contributed by atoms with van der Waals surface area (Å²) >= 11 is 3.12. The fraction of sp³-hybridized carbons (Fsp3) is 0.333. The van der Waals surface area contributed by atoms with Gasteiger partial charge in [-0.15, -0.1) is 0 Å². The molecule has 0 bridgehead atoms. The van der Waals surface area contributed by atoms with Gasteiger partial charge in [0, 0.05) is 6.54 Å². The van der Waals surface area contributed by atoms with Crippen molar-refractivity contribution in [3.05, 3.63) is 21.0 Å². The van der Waals surface area contributed by atoms with Crippen LogP contribution >= 0.6 is 15.9 Å². The van der Waals surface area contributed by atoms with Crippen molar-refractivity contribution in [1.29, 1.82) is 0 Å². The summed E-state index contributed by atoms with van der Waals surface area (Å²) in [5, 5.41) is 3.86. The maximum atomic E-state index is 11.3. The summed E-state index contributed by atoms with van der Waals surface area (Å²) in [7, 11) is 0. The highest BCUT2D eigenvalue weighted by Crippen LogP contribution is 2.13. The summed E-state index contributed by atoms with van der Waals surface area (Å²) < 4.78 is 1.74. The molecule has 0 saturated carbocycles. The Bertz CT molecular complexity index is 335. The van der Waals surface area contributed by atoms with E-state index in [1.54, 1.807) is 0 Å². The summed E-state index contributed by atoms with van der Waals surface area (Å²) in [6, 6.07) is 0. The van der Waals surface area contributed by atoms with Gasteiger partial charge in [0.2, 0.25) is 0 Å². The van der Waals surface area contributed by atoms with Gasteiger partial charge in [-0.25, -0.2) is 4.68 Å². The van der Waals surface area contributed by atoms with Crippen molar-refractivity contribution in [2.45, 2.75) is 13.5 Å². The largest absolute Gasteiger partial charge is 0.321 e. The first-order valence-corrected chi connectivity index (χ1v) is 4.22. The van der Waals surface area contributed by atoms with E-state index in [1.165, 1.54) is 10.9 Å². The van der Waals surface area contributed by atoms with Gasteiger partial charge in [-0.05, 0) is 22.9 Å². The minimum Gasteiger partial charge on any atom is -0.321 e. The van der Waals surface area contributed by atoms with E-state index in [9.17, 15) is 4.79 Å². The Morgan fingerprint density at radius 2 is 2.50 bits per heavy atom. The zero-order chi connectivity index (χ0) is 9.14. The van der Waals surface area contributed by atoms with Crippen LogP contribution in [0, 0.1) is 0 Å². The van der Waals surface area contributed by atoms with Gasteiger partial charge in [0.15, 0.2) is 0 Å². The number of halogens is 1. The number of rotatable bonds is 2. The zero-order valence-electron chi connectivity index (χ0n) is 6.54. The number of nitrogen functional groups attached to an aromatic ring is 1. The number of anilines is 1. The lowest BCUT2D eigenvalue weighted by atomic mass is 10.5. The van der Waals surface area contributed by atoms with E-state index < -0.39 is 0 Å². The maximum Gasteiger partial charge on any atom is 0.283 e. The van der Waals surface area contributed by atoms with Crippen LogP contribution in [0.25, 0.3) is 0 Å². The minimum atomic E-state index is -0.187.